The molecular weight excluding hydrogens is 614 g/mol. The second-order valence-electron chi connectivity index (χ2n) is 13.3. The van der Waals surface area contributed by atoms with E-state index in [1.54, 1.807) is 46.0 Å². The quantitative estimate of drug-likeness (QED) is 0.158. The van der Waals surface area contributed by atoms with E-state index in [4.69, 9.17) is 5.10 Å². The summed E-state index contributed by atoms with van der Waals surface area (Å²) < 4.78 is 1.64. The summed E-state index contributed by atoms with van der Waals surface area (Å²) in [5, 5.41) is 18.1. The van der Waals surface area contributed by atoms with Crippen molar-refractivity contribution in [3.05, 3.63) is 112 Å². The number of aliphatic hydroxyl groups excluding tert-OH is 1. The molecule has 9 heteroatoms. The Kier molecular flexibility index (Phi) is 11.7. The maximum atomic E-state index is 14.6. The van der Waals surface area contributed by atoms with Gasteiger partial charge in [0.15, 0.2) is 5.69 Å². The van der Waals surface area contributed by atoms with Gasteiger partial charge in [0.2, 0.25) is 0 Å². The zero-order valence-corrected chi connectivity index (χ0v) is 29.4. The van der Waals surface area contributed by atoms with E-state index in [1.165, 1.54) is 0 Å². The molecule has 0 spiro atoms. The number of anilines is 1. The van der Waals surface area contributed by atoms with Crippen LogP contribution in [0.3, 0.4) is 0 Å². The van der Waals surface area contributed by atoms with Gasteiger partial charge in [-0.15, -0.1) is 0 Å². The first-order valence-corrected chi connectivity index (χ1v) is 17.5. The van der Waals surface area contributed by atoms with Crippen LogP contribution >= 0.6 is 0 Å². The summed E-state index contributed by atoms with van der Waals surface area (Å²) in [6.45, 7) is 11.8. The predicted molar refractivity (Wildman–Crippen MR) is 193 cm³/mol. The third-order valence-electron chi connectivity index (χ3n) is 9.34. The Balaban J connectivity index is 1.53. The van der Waals surface area contributed by atoms with Crippen molar-refractivity contribution >= 4 is 23.4 Å². The van der Waals surface area contributed by atoms with E-state index >= 15 is 0 Å². The van der Waals surface area contributed by atoms with E-state index in [0.29, 0.717) is 65.9 Å². The minimum Gasteiger partial charge on any atom is -0.394 e. The summed E-state index contributed by atoms with van der Waals surface area (Å²) in [6, 6.07) is 22.0. The number of unbranched alkanes of at least 4 members (excludes halogenated alkanes) is 2. The van der Waals surface area contributed by atoms with Gasteiger partial charge < -0.3 is 20.2 Å². The number of aryl methyl sites for hydroxylation is 1. The van der Waals surface area contributed by atoms with Crippen LogP contribution in [0.15, 0.2) is 72.8 Å². The largest absolute Gasteiger partial charge is 0.394 e. The Morgan fingerprint density at radius 1 is 0.939 bits per heavy atom. The average Bonchev–Trinajstić information content (AvgIpc) is 3.51. The molecule has 0 bridgehead atoms. The fourth-order valence-corrected chi connectivity index (χ4v) is 6.33. The predicted octanol–water partition coefficient (Wildman–Crippen LogP) is 7.16. The lowest BCUT2D eigenvalue weighted by atomic mass is 9.93. The number of benzene rings is 3. The van der Waals surface area contributed by atoms with Crippen molar-refractivity contribution < 1.29 is 19.5 Å². The molecule has 3 aromatic carbocycles. The van der Waals surface area contributed by atoms with Crippen LogP contribution in [0.5, 0.6) is 0 Å². The molecule has 2 heterocycles. The van der Waals surface area contributed by atoms with Crippen molar-refractivity contribution in [1.29, 1.82) is 0 Å². The molecule has 3 amide bonds. The molecule has 0 unspecified atom stereocenters. The van der Waals surface area contributed by atoms with Gasteiger partial charge in [-0.2, -0.15) is 5.10 Å². The van der Waals surface area contributed by atoms with Crippen molar-refractivity contribution in [1.82, 2.24) is 19.6 Å². The molecule has 0 fully saturated rings. The number of hydrogen-bond donors (Lipinski definition) is 2. The summed E-state index contributed by atoms with van der Waals surface area (Å²) in [7, 11) is 0. The van der Waals surface area contributed by atoms with E-state index in [9.17, 15) is 19.5 Å². The molecule has 2 N–H and O–H groups in total. The highest BCUT2D eigenvalue weighted by Crippen LogP contribution is 2.29. The Bertz CT molecular complexity index is 1770. The van der Waals surface area contributed by atoms with Gasteiger partial charge in [-0.25, -0.2) is 4.68 Å². The summed E-state index contributed by atoms with van der Waals surface area (Å²) >= 11 is 0. The molecular formula is C40H49N5O4. The number of fused-ring (bicyclic) bond motifs is 1. The molecule has 0 radical (unpaired) electrons. The smallest absolute Gasteiger partial charge is 0.274 e. The number of aromatic nitrogens is 2. The Morgan fingerprint density at radius 2 is 1.61 bits per heavy atom. The SMILES string of the molecule is CCCCN(CCCC)C(=O)c1cc(C)n(-c2ccc(NC(=O)c3ccc(C(C)C)cc3)cc2C(=O)N2Cc3ccccc3C[C@H]2CO)n1. The number of nitrogens with zero attached hydrogens (tertiary/aromatic N) is 4. The molecule has 1 aliphatic heterocycles. The maximum absolute atomic E-state index is 14.6. The van der Waals surface area contributed by atoms with Gasteiger partial charge in [0.25, 0.3) is 17.7 Å². The minimum absolute atomic E-state index is 0.128. The zero-order chi connectivity index (χ0) is 35.1. The number of carbonyl (C=O) groups excluding carboxylic acids is 3. The van der Waals surface area contributed by atoms with E-state index in [0.717, 1.165) is 42.4 Å². The van der Waals surface area contributed by atoms with Crippen LogP contribution in [-0.2, 0) is 13.0 Å². The topological polar surface area (TPSA) is 108 Å². The number of carbonyl (C=O) groups is 3. The molecule has 0 aliphatic carbocycles. The first-order valence-electron chi connectivity index (χ1n) is 17.5. The third kappa shape index (κ3) is 8.11. The van der Waals surface area contributed by atoms with E-state index < -0.39 is 6.04 Å². The van der Waals surface area contributed by atoms with Gasteiger partial charge in [-0.1, -0.05) is 76.9 Å². The Hall–Kier alpha value is -4.76. The van der Waals surface area contributed by atoms with Crippen molar-refractivity contribution in [2.45, 2.75) is 85.2 Å². The third-order valence-corrected chi connectivity index (χ3v) is 9.34. The molecule has 5 rings (SSSR count). The lowest BCUT2D eigenvalue weighted by Gasteiger charge is -2.36. The van der Waals surface area contributed by atoms with Crippen molar-refractivity contribution in [3.63, 3.8) is 0 Å². The maximum Gasteiger partial charge on any atom is 0.274 e. The number of hydrogen-bond acceptors (Lipinski definition) is 5. The average molecular weight is 664 g/mol. The zero-order valence-electron chi connectivity index (χ0n) is 29.4. The van der Waals surface area contributed by atoms with Crippen LogP contribution < -0.4 is 5.32 Å². The van der Waals surface area contributed by atoms with Crippen LogP contribution in [0.2, 0.25) is 0 Å². The first-order chi connectivity index (χ1) is 23.6. The summed E-state index contributed by atoms with van der Waals surface area (Å²) in [4.78, 5) is 45.1. The van der Waals surface area contributed by atoms with Crippen molar-refractivity contribution in [2.24, 2.45) is 0 Å². The first kappa shape index (κ1) is 35.5. The monoisotopic (exact) mass is 663 g/mol. The van der Waals surface area contributed by atoms with Gasteiger partial charge in [0.05, 0.1) is 23.9 Å². The molecule has 1 aliphatic rings. The summed E-state index contributed by atoms with van der Waals surface area (Å²) in [5.41, 5.74) is 6.07. The van der Waals surface area contributed by atoms with Gasteiger partial charge in [-0.05, 0) is 85.2 Å². The number of rotatable bonds is 13. The molecule has 49 heavy (non-hydrogen) atoms. The lowest BCUT2D eigenvalue weighted by Crippen LogP contribution is -2.46. The van der Waals surface area contributed by atoms with Crippen molar-refractivity contribution in [2.75, 3.05) is 25.0 Å². The standard InChI is InChI=1S/C40H49N5O4/c1-6-8-20-43(21-9-7-2)40(49)36-22-28(5)45(42-36)37-19-18-33(41-38(47)30-16-14-29(15-17-30)27(3)4)24-35(37)39(48)44-25-32-13-11-10-12-31(32)23-34(44)26-46/h10-19,22,24,27,34,46H,6-9,20-21,23,25-26H2,1-5H3,(H,41,47)/t34-/m0/s1. The number of nitrogens with one attached hydrogen (secondary N) is 1. The van der Waals surface area contributed by atoms with Gasteiger partial charge in [0, 0.05) is 36.6 Å². The van der Waals surface area contributed by atoms with Gasteiger partial charge >= 0.3 is 0 Å². The minimum atomic E-state index is -0.422. The fourth-order valence-electron chi connectivity index (χ4n) is 6.33. The van der Waals surface area contributed by atoms with E-state index in [-0.39, 0.29) is 24.3 Å². The van der Waals surface area contributed by atoms with E-state index in [2.05, 4.69) is 33.0 Å². The molecule has 4 aromatic rings. The fraction of sp³-hybridized carbons (Fsp3) is 0.400. The summed E-state index contributed by atoms with van der Waals surface area (Å²) in [6.07, 6.45) is 4.32. The normalized spacial score (nSPS) is 14.1. The second-order valence-corrected chi connectivity index (χ2v) is 13.3. The highest BCUT2D eigenvalue weighted by Gasteiger charge is 2.32. The molecule has 0 saturated carbocycles. The Labute approximate surface area is 289 Å². The van der Waals surface area contributed by atoms with Gasteiger partial charge in [0.1, 0.15) is 0 Å². The van der Waals surface area contributed by atoms with Crippen LogP contribution in [0.25, 0.3) is 5.69 Å². The highest BCUT2D eigenvalue weighted by atomic mass is 16.3. The lowest BCUT2D eigenvalue weighted by molar-refractivity contribution is 0.0544. The number of amides is 3. The van der Waals surface area contributed by atoms with Crippen molar-refractivity contribution in [3.8, 4) is 5.69 Å². The molecule has 0 saturated heterocycles. The highest BCUT2D eigenvalue weighted by molar-refractivity contribution is 6.06. The number of aliphatic hydroxyl groups is 1. The molecule has 1 aromatic heterocycles. The van der Waals surface area contributed by atoms with Crippen LogP contribution in [0, 0.1) is 6.92 Å². The van der Waals surface area contributed by atoms with Gasteiger partial charge in [-0.3, -0.25) is 14.4 Å². The van der Waals surface area contributed by atoms with Crippen LogP contribution in [0.1, 0.15) is 113 Å². The second kappa shape index (κ2) is 16.1. The molecule has 9 nitrogen and oxygen atoms in total. The molecule has 1 atom stereocenters. The molecule has 258 valence electrons. The Morgan fingerprint density at radius 3 is 2.24 bits per heavy atom. The van der Waals surface area contributed by atoms with E-state index in [1.807, 2.05) is 48.2 Å². The summed E-state index contributed by atoms with van der Waals surface area (Å²) in [5.74, 6) is -0.364. The van der Waals surface area contributed by atoms with Crippen LogP contribution in [-0.4, -0.2) is 68.1 Å². The van der Waals surface area contributed by atoms with Crippen LogP contribution in [0.4, 0.5) is 5.69 Å².